The van der Waals surface area contributed by atoms with E-state index >= 15 is 0 Å². The van der Waals surface area contributed by atoms with E-state index < -0.39 is 90.9 Å². The van der Waals surface area contributed by atoms with Gasteiger partial charge in [-0.2, -0.15) is 0 Å². The molecule has 0 amide bonds. The minimum Gasteiger partial charge on any atom is -0.462 e. The number of ether oxygens (including phenoxy) is 7. The number of alkyl halides is 1. The Morgan fingerprint density at radius 2 is 0.757 bits per heavy atom. The van der Waals surface area contributed by atoms with Crippen LogP contribution in [0.1, 0.15) is 48.5 Å². The molecule has 0 heterocycles. The topological polar surface area (TPSA) is 184 Å². The van der Waals surface area contributed by atoms with E-state index in [-0.39, 0.29) is 0 Å². The van der Waals surface area contributed by atoms with E-state index in [9.17, 15) is 33.6 Å². The van der Waals surface area contributed by atoms with Crippen molar-refractivity contribution in [3.05, 3.63) is 0 Å². The summed E-state index contributed by atoms with van der Waals surface area (Å²) in [7, 11) is 0. The molecule has 0 aromatic heterocycles. The van der Waals surface area contributed by atoms with Gasteiger partial charge in [-0.3, -0.25) is 33.6 Å². The van der Waals surface area contributed by atoms with Crippen LogP contribution in [0.15, 0.2) is 0 Å². The molecular weight excluding hydrogens is 524 g/mol. The van der Waals surface area contributed by atoms with Gasteiger partial charge in [-0.15, -0.1) is 11.6 Å². The lowest BCUT2D eigenvalue weighted by Gasteiger charge is -2.39. The SMILES string of the molecule is CC(=O)OC[C@@H](OC(C)=O)[C@H](OC(C)=O)[C@H](OC(C)=O)[C@H](OC(C)=O)[C@@H](OC(C)=O)[C@@H](CCl)OC(C)=O. The highest BCUT2D eigenvalue weighted by Crippen LogP contribution is 2.26. The lowest BCUT2D eigenvalue weighted by molar-refractivity contribution is -0.220. The summed E-state index contributed by atoms with van der Waals surface area (Å²) in [6.07, 6.45) is -10.3. The van der Waals surface area contributed by atoms with E-state index in [1.165, 1.54) is 0 Å². The fourth-order valence-corrected chi connectivity index (χ4v) is 3.36. The van der Waals surface area contributed by atoms with Crippen LogP contribution in [0.3, 0.4) is 0 Å². The Bertz CT molecular complexity index is 856. The molecule has 0 saturated heterocycles. The summed E-state index contributed by atoms with van der Waals surface area (Å²) in [6, 6.07) is 0. The molecule has 210 valence electrons. The van der Waals surface area contributed by atoms with Crippen molar-refractivity contribution in [2.24, 2.45) is 0 Å². The molecule has 0 aromatic rings. The molecule has 0 rings (SSSR count). The second kappa shape index (κ2) is 16.3. The largest absolute Gasteiger partial charge is 0.462 e. The molecule has 0 aliphatic rings. The predicted octanol–water partition coefficient (Wildman–Crippen LogP) is 0.379. The first-order chi connectivity index (χ1) is 17.1. The number of carbonyl (C=O) groups excluding carboxylic acids is 7. The van der Waals surface area contributed by atoms with Crippen molar-refractivity contribution < 1.29 is 66.7 Å². The minimum atomic E-state index is -1.86. The fourth-order valence-electron chi connectivity index (χ4n) is 3.13. The van der Waals surface area contributed by atoms with Crippen LogP contribution in [0, 0.1) is 0 Å². The maximum Gasteiger partial charge on any atom is 0.303 e. The highest BCUT2D eigenvalue weighted by atomic mass is 35.5. The summed E-state index contributed by atoms with van der Waals surface area (Å²) < 4.78 is 36.3. The van der Waals surface area contributed by atoms with Gasteiger partial charge in [0.1, 0.15) is 6.61 Å². The van der Waals surface area contributed by atoms with Gasteiger partial charge in [-0.05, 0) is 0 Å². The maximum atomic E-state index is 12.1. The first-order valence-electron chi connectivity index (χ1n) is 10.8. The van der Waals surface area contributed by atoms with E-state index in [4.69, 9.17) is 44.8 Å². The van der Waals surface area contributed by atoms with E-state index in [0.29, 0.717) is 0 Å². The molecular formula is C22H31ClO14. The van der Waals surface area contributed by atoms with Gasteiger partial charge < -0.3 is 33.2 Å². The average Bonchev–Trinajstić information content (AvgIpc) is 2.73. The van der Waals surface area contributed by atoms with Crippen LogP contribution < -0.4 is 0 Å². The number of esters is 7. The molecule has 0 saturated carbocycles. The van der Waals surface area contributed by atoms with Crippen molar-refractivity contribution in [2.45, 2.75) is 85.1 Å². The third-order valence-electron chi connectivity index (χ3n) is 4.15. The first kappa shape index (κ1) is 33.6. The van der Waals surface area contributed by atoms with Crippen molar-refractivity contribution in [1.29, 1.82) is 0 Å². The second-order valence-electron chi connectivity index (χ2n) is 7.55. The number of rotatable bonds is 14. The van der Waals surface area contributed by atoms with Crippen molar-refractivity contribution in [1.82, 2.24) is 0 Å². The molecule has 0 aliphatic carbocycles. The molecule has 0 aliphatic heterocycles. The van der Waals surface area contributed by atoms with Gasteiger partial charge in [0.15, 0.2) is 36.6 Å². The number of halogens is 1. The Hall–Kier alpha value is -3.42. The van der Waals surface area contributed by atoms with Gasteiger partial charge in [-0.1, -0.05) is 0 Å². The van der Waals surface area contributed by atoms with E-state index in [1.54, 1.807) is 0 Å². The Morgan fingerprint density at radius 1 is 0.459 bits per heavy atom. The molecule has 0 N–H and O–H groups in total. The third kappa shape index (κ3) is 13.5. The quantitative estimate of drug-likeness (QED) is 0.163. The molecule has 0 radical (unpaired) electrons. The van der Waals surface area contributed by atoms with Crippen LogP contribution in [-0.2, 0) is 66.7 Å². The zero-order valence-electron chi connectivity index (χ0n) is 21.5. The van der Waals surface area contributed by atoms with Gasteiger partial charge >= 0.3 is 41.8 Å². The Kier molecular flexibility index (Phi) is 14.8. The van der Waals surface area contributed by atoms with E-state index in [2.05, 4.69) is 0 Å². The molecule has 0 unspecified atom stereocenters. The van der Waals surface area contributed by atoms with Crippen molar-refractivity contribution in [3.8, 4) is 0 Å². The molecule has 0 aromatic carbocycles. The summed E-state index contributed by atoms with van der Waals surface area (Å²) in [5.74, 6) is -6.93. The predicted molar refractivity (Wildman–Crippen MR) is 121 cm³/mol. The lowest BCUT2D eigenvalue weighted by atomic mass is 9.95. The molecule has 0 spiro atoms. The summed E-state index contributed by atoms with van der Waals surface area (Å²) in [4.78, 5) is 83.0. The van der Waals surface area contributed by atoms with Crippen LogP contribution in [0.2, 0.25) is 0 Å². The number of carbonyl (C=O) groups is 7. The van der Waals surface area contributed by atoms with Gasteiger partial charge in [0.05, 0.1) is 5.88 Å². The van der Waals surface area contributed by atoms with Crippen LogP contribution in [0.25, 0.3) is 0 Å². The van der Waals surface area contributed by atoms with Gasteiger partial charge in [0.2, 0.25) is 0 Å². The van der Waals surface area contributed by atoms with Crippen LogP contribution >= 0.6 is 11.6 Å². The molecule has 14 nitrogen and oxygen atoms in total. The summed E-state index contributed by atoms with van der Waals surface area (Å²) >= 11 is 5.93. The summed E-state index contributed by atoms with van der Waals surface area (Å²) in [6.45, 7) is 6.29. The van der Waals surface area contributed by atoms with Crippen LogP contribution in [0.5, 0.6) is 0 Å². The van der Waals surface area contributed by atoms with Gasteiger partial charge in [-0.25, -0.2) is 0 Å². The molecule has 6 atom stereocenters. The van der Waals surface area contributed by atoms with Crippen molar-refractivity contribution in [3.63, 3.8) is 0 Å². The van der Waals surface area contributed by atoms with Crippen LogP contribution in [-0.4, -0.2) is 90.9 Å². The fraction of sp³-hybridized carbons (Fsp3) is 0.682. The van der Waals surface area contributed by atoms with E-state index in [1.807, 2.05) is 0 Å². The van der Waals surface area contributed by atoms with Crippen LogP contribution in [0.4, 0.5) is 0 Å². The second-order valence-corrected chi connectivity index (χ2v) is 7.86. The van der Waals surface area contributed by atoms with Crippen molar-refractivity contribution in [2.75, 3.05) is 12.5 Å². The smallest absolute Gasteiger partial charge is 0.303 e. The third-order valence-corrected chi connectivity index (χ3v) is 4.45. The molecule has 15 heteroatoms. The minimum absolute atomic E-state index is 0.485. The monoisotopic (exact) mass is 554 g/mol. The highest BCUT2D eigenvalue weighted by molar-refractivity contribution is 6.18. The lowest BCUT2D eigenvalue weighted by Crippen LogP contribution is -2.59. The Balaban J connectivity index is 7.06. The molecule has 0 bridgehead atoms. The summed E-state index contributed by atoms with van der Waals surface area (Å²) in [5.41, 5.74) is 0. The standard InChI is InChI=1S/C22H31ClO14/c1-10(24)31-9-18(33-12(3)26)20(35-14(5)28)22(37-16(7)30)21(36-15(6)29)19(34-13(4)27)17(8-23)32-11(2)25/h17-22H,8-9H2,1-7H3/t17-,18-,19+,20+,21-,22+/m1/s1. The van der Waals surface area contributed by atoms with Gasteiger partial charge in [0, 0.05) is 48.5 Å². The highest BCUT2D eigenvalue weighted by Gasteiger charge is 2.50. The molecule has 37 heavy (non-hydrogen) atoms. The zero-order valence-corrected chi connectivity index (χ0v) is 22.2. The summed E-state index contributed by atoms with van der Waals surface area (Å²) in [5, 5.41) is 0. The average molecular weight is 555 g/mol. The van der Waals surface area contributed by atoms with Gasteiger partial charge in [0.25, 0.3) is 0 Å². The van der Waals surface area contributed by atoms with E-state index in [0.717, 1.165) is 48.5 Å². The zero-order chi connectivity index (χ0) is 28.9. The Labute approximate surface area is 218 Å². The first-order valence-corrected chi connectivity index (χ1v) is 11.3. The number of hydrogen-bond donors (Lipinski definition) is 0. The normalized spacial score (nSPS) is 15.4. The molecule has 0 fully saturated rings. The van der Waals surface area contributed by atoms with Crippen molar-refractivity contribution >= 4 is 53.4 Å². The maximum absolute atomic E-state index is 12.1. The Morgan fingerprint density at radius 3 is 1.05 bits per heavy atom. The number of hydrogen-bond acceptors (Lipinski definition) is 14.